The van der Waals surface area contributed by atoms with Gasteiger partial charge in [-0.25, -0.2) is 4.98 Å². The fourth-order valence-corrected chi connectivity index (χ4v) is 3.19. The van der Waals surface area contributed by atoms with E-state index in [0.717, 1.165) is 17.8 Å². The van der Waals surface area contributed by atoms with Gasteiger partial charge in [-0.05, 0) is 25.5 Å². The Hall–Kier alpha value is -2.42. The summed E-state index contributed by atoms with van der Waals surface area (Å²) in [6.07, 6.45) is 3.46. The SMILES string of the molecule is CCCOc1ccc(CNC(=NC)NCCc2ncc(C)s2)c(OC(F)F)c1. The number of aliphatic imine (C=N–C) groups is 1. The van der Waals surface area contributed by atoms with Crippen LogP contribution in [0.15, 0.2) is 29.4 Å². The van der Waals surface area contributed by atoms with Crippen LogP contribution in [0.3, 0.4) is 0 Å². The first kappa shape index (κ1) is 21.9. The third kappa shape index (κ3) is 7.30. The molecule has 28 heavy (non-hydrogen) atoms. The second-order valence-corrected chi connectivity index (χ2v) is 7.28. The van der Waals surface area contributed by atoms with Crippen LogP contribution >= 0.6 is 11.3 Å². The third-order valence-electron chi connectivity index (χ3n) is 3.70. The standard InChI is InChI=1S/C19H26F2N4O2S/c1-4-9-26-15-6-5-14(16(10-15)27-18(20)21)12-25-19(22-3)23-8-7-17-24-11-13(2)28-17/h5-6,10-11,18H,4,7-9,12H2,1-3H3,(H2,22,23,25). The minimum atomic E-state index is -2.90. The molecule has 0 unspecified atom stereocenters. The van der Waals surface area contributed by atoms with Gasteiger partial charge in [0.1, 0.15) is 11.5 Å². The minimum Gasteiger partial charge on any atom is -0.493 e. The van der Waals surface area contributed by atoms with Gasteiger partial charge >= 0.3 is 6.61 Å². The maximum absolute atomic E-state index is 12.8. The van der Waals surface area contributed by atoms with Crippen molar-refractivity contribution in [2.75, 3.05) is 20.2 Å². The topological polar surface area (TPSA) is 67.8 Å². The molecule has 2 N–H and O–H groups in total. The van der Waals surface area contributed by atoms with Crippen molar-refractivity contribution in [1.29, 1.82) is 0 Å². The number of ether oxygens (including phenoxy) is 2. The summed E-state index contributed by atoms with van der Waals surface area (Å²) in [7, 11) is 1.65. The van der Waals surface area contributed by atoms with E-state index in [9.17, 15) is 8.78 Å². The lowest BCUT2D eigenvalue weighted by molar-refractivity contribution is -0.0505. The van der Waals surface area contributed by atoms with Crippen LogP contribution in [0.1, 0.15) is 28.8 Å². The molecular weight excluding hydrogens is 386 g/mol. The van der Waals surface area contributed by atoms with E-state index in [4.69, 9.17) is 4.74 Å². The summed E-state index contributed by atoms with van der Waals surface area (Å²) in [5.41, 5.74) is 0.586. The highest BCUT2D eigenvalue weighted by Gasteiger charge is 2.12. The lowest BCUT2D eigenvalue weighted by Crippen LogP contribution is -2.37. The molecule has 0 aliphatic heterocycles. The first-order valence-corrected chi connectivity index (χ1v) is 9.89. The lowest BCUT2D eigenvalue weighted by atomic mass is 10.2. The number of guanidine groups is 1. The number of rotatable bonds is 10. The minimum absolute atomic E-state index is 0.0878. The zero-order valence-electron chi connectivity index (χ0n) is 16.3. The molecule has 0 aliphatic rings. The summed E-state index contributed by atoms with van der Waals surface area (Å²) in [5.74, 6) is 1.16. The molecule has 0 saturated carbocycles. The van der Waals surface area contributed by atoms with Gasteiger partial charge in [-0.15, -0.1) is 11.3 Å². The van der Waals surface area contributed by atoms with E-state index >= 15 is 0 Å². The highest BCUT2D eigenvalue weighted by atomic mass is 32.1. The summed E-state index contributed by atoms with van der Waals surface area (Å²) in [6, 6.07) is 4.94. The van der Waals surface area contributed by atoms with Crippen molar-refractivity contribution in [2.24, 2.45) is 4.99 Å². The molecule has 2 rings (SSSR count). The van der Waals surface area contributed by atoms with Gasteiger partial charge in [-0.1, -0.05) is 6.92 Å². The van der Waals surface area contributed by atoms with Crippen molar-refractivity contribution >= 4 is 17.3 Å². The molecule has 0 spiro atoms. The second-order valence-electron chi connectivity index (χ2n) is 5.96. The van der Waals surface area contributed by atoms with E-state index < -0.39 is 6.61 Å². The number of benzene rings is 1. The number of aromatic nitrogens is 1. The van der Waals surface area contributed by atoms with E-state index in [1.165, 1.54) is 10.9 Å². The quantitative estimate of drug-likeness (QED) is 0.460. The van der Waals surface area contributed by atoms with E-state index in [1.807, 2.05) is 20.0 Å². The molecule has 0 radical (unpaired) electrons. The maximum atomic E-state index is 12.8. The first-order valence-electron chi connectivity index (χ1n) is 9.08. The van der Waals surface area contributed by atoms with Crippen LogP contribution in [-0.2, 0) is 13.0 Å². The van der Waals surface area contributed by atoms with Crippen molar-refractivity contribution < 1.29 is 18.3 Å². The molecule has 0 fully saturated rings. The summed E-state index contributed by atoms with van der Waals surface area (Å²) < 4.78 is 35.7. The van der Waals surface area contributed by atoms with Crippen molar-refractivity contribution in [2.45, 2.75) is 39.8 Å². The molecule has 1 heterocycles. The molecule has 0 amide bonds. The van der Waals surface area contributed by atoms with Crippen LogP contribution in [0.5, 0.6) is 11.5 Å². The fourth-order valence-electron chi connectivity index (χ4n) is 2.40. The average Bonchev–Trinajstić information content (AvgIpc) is 3.08. The molecule has 0 bridgehead atoms. The van der Waals surface area contributed by atoms with Gasteiger partial charge in [0.15, 0.2) is 5.96 Å². The van der Waals surface area contributed by atoms with E-state index in [0.29, 0.717) is 30.4 Å². The van der Waals surface area contributed by atoms with E-state index in [2.05, 4.69) is 25.3 Å². The van der Waals surface area contributed by atoms with Gasteiger partial charge in [0, 0.05) is 49.3 Å². The van der Waals surface area contributed by atoms with Gasteiger partial charge in [-0.2, -0.15) is 8.78 Å². The third-order valence-corrected chi connectivity index (χ3v) is 4.67. The van der Waals surface area contributed by atoms with Crippen LogP contribution < -0.4 is 20.1 Å². The monoisotopic (exact) mass is 412 g/mol. The Morgan fingerprint density at radius 2 is 2.14 bits per heavy atom. The number of nitrogens with one attached hydrogen (secondary N) is 2. The van der Waals surface area contributed by atoms with Crippen molar-refractivity contribution in [1.82, 2.24) is 15.6 Å². The normalized spacial score (nSPS) is 11.6. The summed E-state index contributed by atoms with van der Waals surface area (Å²) in [5, 5.41) is 7.35. The summed E-state index contributed by atoms with van der Waals surface area (Å²) in [4.78, 5) is 9.65. The van der Waals surface area contributed by atoms with Crippen LogP contribution in [0, 0.1) is 6.92 Å². The number of hydrogen-bond donors (Lipinski definition) is 2. The number of nitrogens with zero attached hydrogens (tertiary/aromatic N) is 2. The van der Waals surface area contributed by atoms with Crippen molar-refractivity contribution in [3.05, 3.63) is 39.8 Å². The van der Waals surface area contributed by atoms with E-state index in [-0.39, 0.29) is 12.3 Å². The molecular formula is C19H26F2N4O2S. The molecule has 9 heteroatoms. The molecule has 0 saturated heterocycles. The lowest BCUT2D eigenvalue weighted by Gasteiger charge is -2.15. The second kappa shape index (κ2) is 11.4. The van der Waals surface area contributed by atoms with Gasteiger partial charge < -0.3 is 20.1 Å². The Bertz CT molecular complexity index is 768. The van der Waals surface area contributed by atoms with Crippen molar-refractivity contribution in [3.63, 3.8) is 0 Å². The van der Waals surface area contributed by atoms with Gasteiger partial charge in [0.2, 0.25) is 0 Å². The van der Waals surface area contributed by atoms with Crippen LogP contribution in [-0.4, -0.2) is 37.8 Å². The Morgan fingerprint density at radius 1 is 1.32 bits per heavy atom. The molecule has 0 atom stereocenters. The Kier molecular flexibility index (Phi) is 8.93. The van der Waals surface area contributed by atoms with Crippen molar-refractivity contribution in [3.8, 4) is 11.5 Å². The number of hydrogen-bond acceptors (Lipinski definition) is 5. The van der Waals surface area contributed by atoms with Crippen LogP contribution in [0.4, 0.5) is 8.78 Å². The maximum Gasteiger partial charge on any atom is 0.387 e. The molecule has 0 aliphatic carbocycles. The summed E-state index contributed by atoms with van der Waals surface area (Å²) in [6.45, 7) is 2.55. The first-order chi connectivity index (χ1) is 13.5. The smallest absolute Gasteiger partial charge is 0.387 e. The van der Waals surface area contributed by atoms with Crippen LogP contribution in [0.25, 0.3) is 0 Å². The molecule has 6 nitrogen and oxygen atoms in total. The van der Waals surface area contributed by atoms with E-state index in [1.54, 1.807) is 30.5 Å². The number of aryl methyl sites for hydroxylation is 1. The predicted molar refractivity (Wildman–Crippen MR) is 108 cm³/mol. The highest BCUT2D eigenvalue weighted by Crippen LogP contribution is 2.26. The van der Waals surface area contributed by atoms with Gasteiger partial charge in [0.25, 0.3) is 0 Å². The zero-order valence-corrected chi connectivity index (χ0v) is 17.1. The highest BCUT2D eigenvalue weighted by molar-refractivity contribution is 7.11. The Labute approximate surface area is 168 Å². The molecule has 2 aromatic rings. The summed E-state index contributed by atoms with van der Waals surface area (Å²) >= 11 is 1.66. The van der Waals surface area contributed by atoms with Gasteiger partial charge in [0.05, 0.1) is 11.6 Å². The largest absolute Gasteiger partial charge is 0.493 e. The average molecular weight is 413 g/mol. The Balaban J connectivity index is 1.92. The van der Waals surface area contributed by atoms with Crippen LogP contribution in [0.2, 0.25) is 0 Å². The molecule has 1 aromatic carbocycles. The molecule has 154 valence electrons. The number of alkyl halides is 2. The predicted octanol–water partition coefficient (Wildman–Crippen LogP) is 3.75. The molecule has 1 aromatic heterocycles. The number of halogens is 2. The number of thiazole rings is 1. The Morgan fingerprint density at radius 3 is 2.79 bits per heavy atom. The fraction of sp³-hybridized carbons (Fsp3) is 0.474. The zero-order chi connectivity index (χ0) is 20.4. The van der Waals surface area contributed by atoms with Gasteiger partial charge in [-0.3, -0.25) is 4.99 Å².